The fraction of sp³-hybridized carbons (Fsp3) is 0.364. The van der Waals surface area contributed by atoms with Gasteiger partial charge in [-0.2, -0.15) is 5.10 Å². The molecule has 6 heteroatoms. The van der Waals surface area contributed by atoms with Gasteiger partial charge in [-0.05, 0) is 35.9 Å². The van der Waals surface area contributed by atoms with Crippen LogP contribution in [0.15, 0.2) is 18.7 Å². The molecule has 0 aliphatic heterocycles. The summed E-state index contributed by atoms with van der Waals surface area (Å²) in [5.74, 6) is 1.70. The summed E-state index contributed by atoms with van der Waals surface area (Å²) in [4.78, 5) is 8.52. The highest BCUT2D eigenvalue weighted by Crippen LogP contribution is 2.17. The van der Waals surface area contributed by atoms with Crippen LogP contribution in [0.5, 0.6) is 0 Å². The van der Waals surface area contributed by atoms with Gasteiger partial charge in [0.2, 0.25) is 0 Å². The monoisotopic (exact) mass is 343 g/mol. The van der Waals surface area contributed by atoms with Crippen LogP contribution >= 0.6 is 22.6 Å². The van der Waals surface area contributed by atoms with E-state index in [0.717, 1.165) is 33.7 Å². The largest absolute Gasteiger partial charge is 0.370 e. The predicted octanol–water partition coefficient (Wildman–Crippen LogP) is 2.40. The van der Waals surface area contributed by atoms with E-state index in [2.05, 4.69) is 49.9 Å². The zero-order valence-corrected chi connectivity index (χ0v) is 12.0. The van der Waals surface area contributed by atoms with Crippen molar-refractivity contribution < 1.29 is 0 Å². The van der Waals surface area contributed by atoms with E-state index in [-0.39, 0.29) is 0 Å². The molecule has 0 fully saturated rings. The maximum Gasteiger partial charge on any atom is 0.161 e. The molecule has 2 rings (SSSR count). The Hall–Kier alpha value is -1.18. The van der Waals surface area contributed by atoms with E-state index in [4.69, 9.17) is 0 Å². The summed E-state index contributed by atoms with van der Waals surface area (Å²) in [6.45, 7) is 5.04. The Morgan fingerprint density at radius 2 is 2.24 bits per heavy atom. The summed E-state index contributed by atoms with van der Waals surface area (Å²) in [5.41, 5.74) is 1.01. The maximum absolute atomic E-state index is 4.28. The van der Waals surface area contributed by atoms with Crippen LogP contribution in [0.1, 0.15) is 18.9 Å². The molecular formula is C11H14IN5. The van der Waals surface area contributed by atoms with Crippen LogP contribution in [-0.2, 0) is 0 Å². The highest BCUT2D eigenvalue weighted by Gasteiger charge is 2.09. The lowest BCUT2D eigenvalue weighted by Gasteiger charge is -2.10. The molecular weight excluding hydrogens is 329 g/mol. The molecule has 0 unspecified atom stereocenters. The van der Waals surface area contributed by atoms with Crippen LogP contribution < -0.4 is 5.32 Å². The summed E-state index contributed by atoms with van der Waals surface area (Å²) < 4.78 is 2.86. The third-order valence-corrected chi connectivity index (χ3v) is 2.93. The summed E-state index contributed by atoms with van der Waals surface area (Å²) in [7, 11) is 0. The Balaban J connectivity index is 2.35. The van der Waals surface area contributed by atoms with Crippen molar-refractivity contribution >= 4 is 28.4 Å². The van der Waals surface area contributed by atoms with Gasteiger partial charge in [-0.15, -0.1) is 0 Å². The minimum atomic E-state index is 0.821. The van der Waals surface area contributed by atoms with Crippen LogP contribution in [0, 0.1) is 10.5 Å². The molecule has 5 nitrogen and oxygen atoms in total. The zero-order valence-electron chi connectivity index (χ0n) is 9.81. The average Bonchev–Trinajstić information content (AvgIpc) is 2.74. The number of aromatic nitrogens is 4. The summed E-state index contributed by atoms with van der Waals surface area (Å²) in [6, 6.07) is 0. The van der Waals surface area contributed by atoms with Crippen LogP contribution in [0.3, 0.4) is 0 Å². The zero-order chi connectivity index (χ0) is 12.3. The standard InChI is InChI=1S/C11H14IN5/c1-3-4-13-10-8(2)11(15-7-14-10)17-6-9(12)5-16-17/h5-7H,3-4H2,1-2H3,(H,13,14,15). The van der Waals surface area contributed by atoms with Crippen molar-refractivity contribution in [1.82, 2.24) is 19.7 Å². The van der Waals surface area contributed by atoms with E-state index < -0.39 is 0 Å². The van der Waals surface area contributed by atoms with Gasteiger partial charge in [0.1, 0.15) is 12.1 Å². The van der Waals surface area contributed by atoms with Gasteiger partial charge < -0.3 is 5.32 Å². The van der Waals surface area contributed by atoms with Crippen molar-refractivity contribution in [3.63, 3.8) is 0 Å². The fourth-order valence-corrected chi connectivity index (χ4v) is 1.90. The van der Waals surface area contributed by atoms with Crippen LogP contribution in [0.25, 0.3) is 5.82 Å². The van der Waals surface area contributed by atoms with Gasteiger partial charge in [-0.3, -0.25) is 0 Å². The van der Waals surface area contributed by atoms with E-state index in [1.165, 1.54) is 0 Å². The summed E-state index contributed by atoms with van der Waals surface area (Å²) in [6.07, 6.45) is 6.38. The van der Waals surface area contributed by atoms with Crippen LogP contribution in [-0.4, -0.2) is 26.3 Å². The number of hydrogen-bond donors (Lipinski definition) is 1. The first-order valence-electron chi connectivity index (χ1n) is 5.48. The second-order valence-electron chi connectivity index (χ2n) is 3.70. The van der Waals surface area contributed by atoms with Crippen LogP contribution in [0.4, 0.5) is 5.82 Å². The Morgan fingerprint density at radius 3 is 2.88 bits per heavy atom. The normalized spacial score (nSPS) is 10.5. The quantitative estimate of drug-likeness (QED) is 0.867. The van der Waals surface area contributed by atoms with E-state index in [0.29, 0.717) is 0 Å². The summed E-state index contributed by atoms with van der Waals surface area (Å²) >= 11 is 2.23. The number of nitrogens with zero attached hydrogens (tertiary/aromatic N) is 4. The number of halogens is 1. The van der Waals surface area contributed by atoms with E-state index in [1.54, 1.807) is 17.2 Å². The van der Waals surface area contributed by atoms with Gasteiger partial charge in [0.25, 0.3) is 0 Å². The third kappa shape index (κ3) is 2.74. The van der Waals surface area contributed by atoms with Crippen molar-refractivity contribution in [3.8, 4) is 5.82 Å². The summed E-state index contributed by atoms with van der Waals surface area (Å²) in [5, 5.41) is 7.54. The van der Waals surface area contributed by atoms with E-state index in [1.807, 2.05) is 13.1 Å². The highest BCUT2D eigenvalue weighted by atomic mass is 127. The second kappa shape index (κ2) is 5.44. The van der Waals surface area contributed by atoms with Crippen molar-refractivity contribution in [1.29, 1.82) is 0 Å². The highest BCUT2D eigenvalue weighted by molar-refractivity contribution is 14.1. The van der Waals surface area contributed by atoms with Crippen molar-refractivity contribution in [2.24, 2.45) is 0 Å². The predicted molar refractivity (Wildman–Crippen MR) is 75.4 cm³/mol. The molecule has 17 heavy (non-hydrogen) atoms. The maximum atomic E-state index is 4.28. The lowest BCUT2D eigenvalue weighted by atomic mass is 10.3. The molecule has 0 radical (unpaired) electrons. The molecule has 2 aromatic rings. The minimum absolute atomic E-state index is 0.821. The fourth-order valence-electron chi connectivity index (χ4n) is 1.51. The van der Waals surface area contributed by atoms with Gasteiger partial charge >= 0.3 is 0 Å². The smallest absolute Gasteiger partial charge is 0.161 e. The number of anilines is 1. The molecule has 0 aliphatic rings. The first-order valence-corrected chi connectivity index (χ1v) is 6.56. The lowest BCUT2D eigenvalue weighted by Crippen LogP contribution is -2.08. The molecule has 2 heterocycles. The van der Waals surface area contributed by atoms with Gasteiger partial charge in [0.15, 0.2) is 5.82 Å². The average molecular weight is 343 g/mol. The molecule has 0 spiro atoms. The van der Waals surface area contributed by atoms with Crippen molar-refractivity contribution in [2.45, 2.75) is 20.3 Å². The van der Waals surface area contributed by atoms with Gasteiger partial charge in [-0.25, -0.2) is 14.6 Å². The van der Waals surface area contributed by atoms with E-state index in [9.17, 15) is 0 Å². The van der Waals surface area contributed by atoms with Gasteiger partial charge in [-0.1, -0.05) is 6.92 Å². The molecule has 0 bridgehead atoms. The molecule has 0 aromatic carbocycles. The molecule has 0 amide bonds. The SMILES string of the molecule is CCCNc1ncnc(-n2cc(I)cn2)c1C. The van der Waals surface area contributed by atoms with E-state index >= 15 is 0 Å². The molecule has 90 valence electrons. The topological polar surface area (TPSA) is 55.6 Å². The number of rotatable bonds is 4. The molecule has 0 saturated heterocycles. The lowest BCUT2D eigenvalue weighted by molar-refractivity contribution is 0.827. The molecule has 2 aromatic heterocycles. The van der Waals surface area contributed by atoms with Crippen molar-refractivity contribution in [2.75, 3.05) is 11.9 Å². The number of nitrogens with one attached hydrogen (secondary N) is 1. The van der Waals surface area contributed by atoms with Crippen molar-refractivity contribution in [3.05, 3.63) is 27.9 Å². The third-order valence-electron chi connectivity index (χ3n) is 2.37. The Morgan fingerprint density at radius 1 is 1.41 bits per heavy atom. The Kier molecular flexibility index (Phi) is 3.93. The Labute approximate surface area is 114 Å². The number of hydrogen-bond acceptors (Lipinski definition) is 4. The first kappa shape index (κ1) is 12.3. The molecule has 0 aliphatic carbocycles. The first-order chi connectivity index (χ1) is 8.22. The Bertz CT molecular complexity index is 508. The van der Waals surface area contributed by atoms with Gasteiger partial charge in [0, 0.05) is 18.3 Å². The minimum Gasteiger partial charge on any atom is -0.370 e. The second-order valence-corrected chi connectivity index (χ2v) is 4.95. The molecule has 0 atom stereocenters. The molecule has 0 saturated carbocycles. The van der Waals surface area contributed by atoms with Crippen LogP contribution in [0.2, 0.25) is 0 Å². The molecule has 1 N–H and O–H groups in total. The van der Waals surface area contributed by atoms with Gasteiger partial charge in [0.05, 0.1) is 9.77 Å².